The normalized spacial score (nSPS) is 13.3. The Morgan fingerprint density at radius 2 is 1.89 bits per heavy atom. The second-order valence-corrected chi connectivity index (χ2v) is 6.49. The number of para-hydroxylation sites is 2. The van der Waals surface area contributed by atoms with Crippen LogP contribution in [0, 0.1) is 6.92 Å². The standard InChI is InChI=1S/C21H26N4O2.HI/c1-16-8-10-17(11-9-16)14-24-21(22-2)23-12-5-13-25-18-6-3-4-7-19(18)27-15-20(25)26;/h3-4,6-11H,5,12-15H2,1-2H3,(H2,22,23,24);1H. The number of benzene rings is 2. The first-order valence-corrected chi connectivity index (χ1v) is 9.19. The molecule has 1 heterocycles. The molecule has 0 saturated carbocycles. The Morgan fingerprint density at radius 3 is 2.64 bits per heavy atom. The van der Waals surface area contributed by atoms with Gasteiger partial charge in [-0.1, -0.05) is 42.0 Å². The molecule has 2 N–H and O–H groups in total. The Bertz CT molecular complexity index is 808. The van der Waals surface area contributed by atoms with Gasteiger partial charge < -0.3 is 20.3 Å². The average Bonchev–Trinajstić information content (AvgIpc) is 2.70. The summed E-state index contributed by atoms with van der Waals surface area (Å²) in [5.41, 5.74) is 3.30. The van der Waals surface area contributed by atoms with Gasteiger partial charge in [0.25, 0.3) is 5.91 Å². The highest BCUT2D eigenvalue weighted by Gasteiger charge is 2.24. The minimum absolute atomic E-state index is 0. The predicted octanol–water partition coefficient (Wildman–Crippen LogP) is 3.09. The zero-order valence-corrected chi connectivity index (χ0v) is 18.6. The molecule has 28 heavy (non-hydrogen) atoms. The third-order valence-electron chi connectivity index (χ3n) is 4.46. The van der Waals surface area contributed by atoms with Crippen LogP contribution in [-0.4, -0.2) is 38.6 Å². The van der Waals surface area contributed by atoms with E-state index < -0.39 is 0 Å². The van der Waals surface area contributed by atoms with Gasteiger partial charge in [-0.3, -0.25) is 9.79 Å². The summed E-state index contributed by atoms with van der Waals surface area (Å²) < 4.78 is 5.47. The first-order chi connectivity index (χ1) is 13.2. The van der Waals surface area contributed by atoms with E-state index in [0.717, 1.165) is 36.9 Å². The molecule has 0 bridgehead atoms. The lowest BCUT2D eigenvalue weighted by Crippen LogP contribution is -2.41. The van der Waals surface area contributed by atoms with E-state index in [1.807, 2.05) is 24.3 Å². The Labute approximate surface area is 183 Å². The molecule has 0 unspecified atom stereocenters. The fraction of sp³-hybridized carbons (Fsp3) is 0.333. The van der Waals surface area contributed by atoms with Crippen LogP contribution in [0.2, 0.25) is 0 Å². The van der Waals surface area contributed by atoms with Gasteiger partial charge in [0.1, 0.15) is 5.75 Å². The molecule has 3 rings (SSSR count). The summed E-state index contributed by atoms with van der Waals surface area (Å²) in [4.78, 5) is 18.2. The van der Waals surface area contributed by atoms with Gasteiger partial charge in [0, 0.05) is 26.7 Å². The van der Waals surface area contributed by atoms with Crippen molar-refractivity contribution in [2.45, 2.75) is 19.9 Å². The molecule has 6 nitrogen and oxygen atoms in total. The molecule has 0 atom stereocenters. The van der Waals surface area contributed by atoms with Crippen LogP contribution in [0.5, 0.6) is 5.75 Å². The van der Waals surface area contributed by atoms with E-state index in [1.54, 1.807) is 11.9 Å². The number of nitrogens with one attached hydrogen (secondary N) is 2. The second-order valence-electron chi connectivity index (χ2n) is 6.49. The highest BCUT2D eigenvalue weighted by atomic mass is 127. The van der Waals surface area contributed by atoms with Crippen LogP contribution in [0.25, 0.3) is 0 Å². The third kappa shape index (κ3) is 5.85. The van der Waals surface area contributed by atoms with E-state index >= 15 is 0 Å². The van der Waals surface area contributed by atoms with Gasteiger partial charge in [0.2, 0.25) is 0 Å². The van der Waals surface area contributed by atoms with Crippen LogP contribution in [0.1, 0.15) is 17.5 Å². The van der Waals surface area contributed by atoms with Gasteiger partial charge in [-0.25, -0.2) is 0 Å². The number of anilines is 1. The van der Waals surface area contributed by atoms with Crippen molar-refractivity contribution < 1.29 is 9.53 Å². The predicted molar refractivity (Wildman–Crippen MR) is 124 cm³/mol. The van der Waals surface area contributed by atoms with Gasteiger partial charge >= 0.3 is 0 Å². The van der Waals surface area contributed by atoms with Gasteiger partial charge in [-0.2, -0.15) is 0 Å². The molecular formula is C21H27IN4O2. The summed E-state index contributed by atoms with van der Waals surface area (Å²) in [6, 6.07) is 16.1. The van der Waals surface area contributed by atoms with Gasteiger partial charge in [0.15, 0.2) is 12.6 Å². The number of ether oxygens (including phenoxy) is 1. The zero-order chi connectivity index (χ0) is 19.1. The largest absolute Gasteiger partial charge is 0.482 e. The third-order valence-corrected chi connectivity index (χ3v) is 4.46. The molecule has 0 aromatic heterocycles. The molecule has 0 aliphatic carbocycles. The van der Waals surface area contributed by atoms with E-state index in [2.05, 4.69) is 46.8 Å². The summed E-state index contributed by atoms with van der Waals surface area (Å²) >= 11 is 0. The first kappa shape index (κ1) is 22.0. The summed E-state index contributed by atoms with van der Waals surface area (Å²) in [6.45, 7) is 4.26. The summed E-state index contributed by atoms with van der Waals surface area (Å²) in [7, 11) is 1.76. The van der Waals surface area contributed by atoms with Crippen LogP contribution >= 0.6 is 24.0 Å². The maximum Gasteiger partial charge on any atom is 0.265 e. The zero-order valence-electron chi connectivity index (χ0n) is 16.3. The van der Waals surface area contributed by atoms with Crippen molar-refractivity contribution in [3.05, 3.63) is 59.7 Å². The van der Waals surface area contributed by atoms with Crippen LogP contribution in [0.15, 0.2) is 53.5 Å². The fourth-order valence-electron chi connectivity index (χ4n) is 2.96. The maximum absolute atomic E-state index is 12.2. The van der Waals surface area contributed by atoms with Crippen molar-refractivity contribution in [3.8, 4) is 5.75 Å². The number of carbonyl (C=O) groups is 1. The number of amides is 1. The van der Waals surface area contributed by atoms with Crippen molar-refractivity contribution in [2.75, 3.05) is 31.6 Å². The number of hydrogen-bond donors (Lipinski definition) is 2. The Balaban J connectivity index is 0.00000280. The lowest BCUT2D eigenvalue weighted by molar-refractivity contribution is -0.121. The first-order valence-electron chi connectivity index (χ1n) is 9.19. The van der Waals surface area contributed by atoms with E-state index in [0.29, 0.717) is 6.54 Å². The number of aryl methyl sites for hydroxylation is 1. The molecule has 1 aliphatic rings. The van der Waals surface area contributed by atoms with Crippen molar-refractivity contribution in [1.29, 1.82) is 0 Å². The minimum atomic E-state index is -0.00409. The number of nitrogens with zero attached hydrogens (tertiary/aromatic N) is 2. The molecule has 1 aliphatic heterocycles. The lowest BCUT2D eigenvalue weighted by atomic mass is 10.1. The maximum atomic E-state index is 12.2. The van der Waals surface area contributed by atoms with E-state index in [9.17, 15) is 4.79 Å². The smallest absolute Gasteiger partial charge is 0.265 e. The molecule has 0 saturated heterocycles. The summed E-state index contributed by atoms with van der Waals surface area (Å²) in [6.07, 6.45) is 0.811. The molecule has 7 heteroatoms. The monoisotopic (exact) mass is 494 g/mol. The molecule has 150 valence electrons. The minimum Gasteiger partial charge on any atom is -0.482 e. The van der Waals surface area contributed by atoms with E-state index in [1.165, 1.54) is 11.1 Å². The van der Waals surface area contributed by atoms with Crippen molar-refractivity contribution in [1.82, 2.24) is 10.6 Å². The Hall–Kier alpha value is -2.29. The summed E-state index contributed by atoms with van der Waals surface area (Å²) in [5.74, 6) is 1.51. The number of rotatable bonds is 6. The number of aliphatic imine (C=N–C) groups is 1. The molecule has 0 radical (unpaired) electrons. The molecule has 2 aromatic carbocycles. The van der Waals surface area contributed by atoms with E-state index in [-0.39, 0.29) is 36.5 Å². The molecule has 0 spiro atoms. The highest BCUT2D eigenvalue weighted by molar-refractivity contribution is 14.0. The molecular weight excluding hydrogens is 467 g/mol. The number of halogens is 1. The number of guanidine groups is 1. The molecule has 0 fully saturated rings. The lowest BCUT2D eigenvalue weighted by Gasteiger charge is -2.29. The van der Waals surface area contributed by atoms with Crippen molar-refractivity contribution in [2.24, 2.45) is 4.99 Å². The van der Waals surface area contributed by atoms with Crippen LogP contribution in [0.3, 0.4) is 0 Å². The van der Waals surface area contributed by atoms with Gasteiger partial charge in [-0.05, 0) is 31.0 Å². The quantitative estimate of drug-likeness (QED) is 0.281. The number of carbonyl (C=O) groups excluding carboxylic acids is 1. The van der Waals surface area contributed by atoms with Gasteiger partial charge in [0.05, 0.1) is 5.69 Å². The van der Waals surface area contributed by atoms with Crippen LogP contribution in [0.4, 0.5) is 5.69 Å². The van der Waals surface area contributed by atoms with Crippen LogP contribution < -0.4 is 20.3 Å². The topological polar surface area (TPSA) is 66.0 Å². The number of hydrogen-bond acceptors (Lipinski definition) is 3. The van der Waals surface area contributed by atoms with Gasteiger partial charge in [-0.15, -0.1) is 24.0 Å². The fourth-order valence-corrected chi connectivity index (χ4v) is 2.96. The van der Waals surface area contributed by atoms with Crippen molar-refractivity contribution in [3.63, 3.8) is 0 Å². The van der Waals surface area contributed by atoms with Crippen LogP contribution in [-0.2, 0) is 11.3 Å². The van der Waals surface area contributed by atoms with Crippen molar-refractivity contribution >= 4 is 41.5 Å². The summed E-state index contributed by atoms with van der Waals surface area (Å²) in [5, 5.41) is 6.61. The Morgan fingerprint density at radius 1 is 1.14 bits per heavy atom. The SMILES string of the molecule is CN=C(NCCCN1C(=O)COc2ccccc21)NCc1ccc(C)cc1.I. The molecule has 1 amide bonds. The number of fused-ring (bicyclic) bond motifs is 1. The molecule has 2 aromatic rings. The highest BCUT2D eigenvalue weighted by Crippen LogP contribution is 2.31. The second kappa shape index (κ2) is 10.9. The average molecular weight is 494 g/mol. The Kier molecular flexibility index (Phi) is 8.56. The van der Waals surface area contributed by atoms with E-state index in [4.69, 9.17) is 4.74 Å².